The summed E-state index contributed by atoms with van der Waals surface area (Å²) in [7, 11) is 0. The van der Waals surface area contributed by atoms with E-state index in [4.69, 9.17) is 0 Å². The topological polar surface area (TPSA) is 180 Å². The van der Waals surface area contributed by atoms with Crippen LogP contribution < -0.4 is 42.5 Å². The van der Waals surface area contributed by atoms with E-state index >= 15 is 0 Å². The van der Waals surface area contributed by atoms with E-state index in [1.54, 1.807) is 0 Å². The van der Waals surface area contributed by atoms with Crippen LogP contribution in [0.3, 0.4) is 0 Å². The van der Waals surface area contributed by atoms with Gasteiger partial charge in [0, 0.05) is 52.4 Å². The molecule has 0 aromatic rings. The van der Waals surface area contributed by atoms with Gasteiger partial charge in [-0.3, -0.25) is 20.2 Å². The van der Waals surface area contributed by atoms with Crippen molar-refractivity contribution >= 4 is 11.9 Å². The molecule has 0 aliphatic carbocycles. The van der Waals surface area contributed by atoms with Crippen molar-refractivity contribution in [2.75, 3.05) is 91.6 Å². The molecule has 3 rings (SSSR count). The monoisotopic (exact) mass is 432 g/mol. The summed E-state index contributed by atoms with van der Waals surface area (Å²) < 4.78 is 0. The molecular weight excluding hydrogens is 392 g/mol. The summed E-state index contributed by atoms with van der Waals surface area (Å²) in [5, 5.41) is 43.2. The SMILES string of the molecule is O=C(O)CNC12CNCCNCC(NCC(=O)O)(CNCCNC1)C[NH2+]CC[NH2+]C2. The first kappa shape index (κ1) is 24.9. The Morgan fingerprint density at radius 3 is 1.33 bits per heavy atom. The zero-order valence-electron chi connectivity index (χ0n) is 17.8. The lowest BCUT2D eigenvalue weighted by Gasteiger charge is -2.36. The van der Waals surface area contributed by atoms with Gasteiger partial charge in [-0.25, -0.2) is 0 Å². The molecular formula is C18H40N8O4+2. The van der Waals surface area contributed by atoms with Crippen LogP contribution in [0.4, 0.5) is 0 Å². The second-order valence-corrected chi connectivity index (χ2v) is 8.33. The van der Waals surface area contributed by atoms with Crippen molar-refractivity contribution in [1.29, 1.82) is 0 Å². The van der Waals surface area contributed by atoms with Gasteiger partial charge in [0.05, 0.1) is 37.3 Å². The van der Waals surface area contributed by atoms with E-state index in [9.17, 15) is 19.8 Å². The van der Waals surface area contributed by atoms with E-state index < -0.39 is 11.9 Å². The zero-order valence-corrected chi connectivity index (χ0v) is 17.8. The minimum Gasteiger partial charge on any atom is -0.480 e. The normalized spacial score (nSPS) is 30.3. The van der Waals surface area contributed by atoms with Crippen molar-refractivity contribution in [3.8, 4) is 0 Å². The molecule has 0 aromatic carbocycles. The number of quaternary nitrogens is 2. The Kier molecular flexibility index (Phi) is 10.9. The summed E-state index contributed by atoms with van der Waals surface area (Å²) >= 11 is 0. The maximum Gasteiger partial charge on any atom is 0.317 e. The number of fused-ring (bicyclic) bond motifs is 15. The number of carbonyl (C=O) groups is 2. The molecule has 0 unspecified atom stereocenters. The van der Waals surface area contributed by atoms with Gasteiger partial charge in [0.25, 0.3) is 0 Å². The van der Waals surface area contributed by atoms with Gasteiger partial charge in [-0.2, -0.15) is 0 Å². The molecule has 12 heteroatoms. The van der Waals surface area contributed by atoms with Crippen LogP contribution in [-0.4, -0.2) is 125 Å². The largest absolute Gasteiger partial charge is 0.480 e. The minimum atomic E-state index is -0.856. The highest BCUT2D eigenvalue weighted by molar-refractivity contribution is 5.69. The van der Waals surface area contributed by atoms with E-state index in [1.165, 1.54) is 0 Å². The fourth-order valence-electron chi connectivity index (χ4n) is 3.99. The number of aliphatic carboxylic acids is 2. The van der Waals surface area contributed by atoms with Crippen LogP contribution in [0.25, 0.3) is 0 Å². The molecule has 3 aliphatic rings. The van der Waals surface area contributed by atoms with Crippen molar-refractivity contribution < 1.29 is 30.4 Å². The van der Waals surface area contributed by atoms with Crippen molar-refractivity contribution in [1.82, 2.24) is 31.9 Å². The molecule has 0 spiro atoms. The van der Waals surface area contributed by atoms with Gasteiger partial charge in [-0.1, -0.05) is 0 Å². The highest BCUT2D eigenvalue weighted by Gasteiger charge is 2.34. The fourth-order valence-corrected chi connectivity index (χ4v) is 3.99. The first-order valence-electron chi connectivity index (χ1n) is 10.9. The predicted molar refractivity (Wildman–Crippen MR) is 112 cm³/mol. The van der Waals surface area contributed by atoms with Crippen molar-refractivity contribution in [2.24, 2.45) is 0 Å². The quantitative estimate of drug-likeness (QED) is 0.194. The molecule has 174 valence electrons. The Morgan fingerprint density at radius 2 is 1.03 bits per heavy atom. The molecule has 0 atom stereocenters. The van der Waals surface area contributed by atoms with Gasteiger partial charge in [0.2, 0.25) is 0 Å². The first-order chi connectivity index (χ1) is 14.5. The van der Waals surface area contributed by atoms with Crippen molar-refractivity contribution in [3.63, 3.8) is 0 Å². The van der Waals surface area contributed by atoms with Crippen molar-refractivity contribution in [3.05, 3.63) is 0 Å². The van der Waals surface area contributed by atoms with Crippen LogP contribution in [0, 0.1) is 0 Å². The lowest BCUT2D eigenvalue weighted by molar-refractivity contribution is -0.728. The van der Waals surface area contributed by atoms with Gasteiger partial charge >= 0.3 is 11.9 Å². The Hall–Kier alpha value is -1.38. The third kappa shape index (κ3) is 9.18. The molecule has 3 saturated heterocycles. The summed E-state index contributed by atoms with van der Waals surface area (Å²) in [5.41, 5.74) is -0.723. The third-order valence-corrected chi connectivity index (χ3v) is 5.68. The van der Waals surface area contributed by atoms with Gasteiger partial charge in [-0.05, 0) is 0 Å². The highest BCUT2D eigenvalue weighted by Crippen LogP contribution is 2.02. The highest BCUT2D eigenvalue weighted by atomic mass is 16.4. The van der Waals surface area contributed by atoms with E-state index in [-0.39, 0.29) is 24.2 Å². The third-order valence-electron chi connectivity index (χ3n) is 5.68. The van der Waals surface area contributed by atoms with E-state index in [0.717, 1.165) is 52.4 Å². The Bertz CT molecular complexity index is 447. The van der Waals surface area contributed by atoms with Gasteiger partial charge < -0.3 is 42.1 Å². The molecule has 12 nitrogen and oxygen atoms in total. The van der Waals surface area contributed by atoms with E-state index in [0.29, 0.717) is 26.2 Å². The van der Waals surface area contributed by atoms with Crippen LogP contribution >= 0.6 is 0 Å². The number of hydrogen-bond acceptors (Lipinski definition) is 8. The average Bonchev–Trinajstić information content (AvgIpc) is 2.71. The molecule has 30 heavy (non-hydrogen) atoms. The first-order valence-corrected chi connectivity index (χ1v) is 10.9. The Morgan fingerprint density at radius 1 is 0.700 bits per heavy atom. The smallest absolute Gasteiger partial charge is 0.317 e. The van der Waals surface area contributed by atoms with Gasteiger partial charge in [-0.15, -0.1) is 0 Å². The van der Waals surface area contributed by atoms with Gasteiger partial charge in [0.15, 0.2) is 0 Å². The van der Waals surface area contributed by atoms with Gasteiger partial charge in [0.1, 0.15) is 13.1 Å². The minimum absolute atomic E-state index is 0.0718. The predicted octanol–water partition coefficient (Wildman–Crippen LogP) is -6.68. The van der Waals surface area contributed by atoms with Crippen molar-refractivity contribution in [2.45, 2.75) is 11.1 Å². The molecule has 3 aliphatic heterocycles. The summed E-state index contributed by atoms with van der Waals surface area (Å²) in [4.78, 5) is 22.3. The average molecular weight is 433 g/mol. The molecule has 0 amide bonds. The number of carboxylic acid groups (broad SMARTS) is 2. The number of nitrogens with one attached hydrogen (secondary N) is 6. The van der Waals surface area contributed by atoms with E-state index in [2.05, 4.69) is 42.5 Å². The molecule has 2 bridgehead atoms. The molecule has 3 fully saturated rings. The van der Waals surface area contributed by atoms with Crippen LogP contribution in [0.5, 0.6) is 0 Å². The van der Waals surface area contributed by atoms with Crippen LogP contribution in [0.15, 0.2) is 0 Å². The maximum atomic E-state index is 11.2. The lowest BCUT2D eigenvalue weighted by atomic mass is 9.97. The molecule has 0 aromatic heterocycles. The Balaban J connectivity index is 2.13. The van der Waals surface area contributed by atoms with Crippen LogP contribution in [0.1, 0.15) is 0 Å². The molecule has 0 saturated carbocycles. The maximum absolute atomic E-state index is 11.2. The van der Waals surface area contributed by atoms with E-state index in [1.807, 2.05) is 0 Å². The van der Waals surface area contributed by atoms with Crippen LogP contribution in [0.2, 0.25) is 0 Å². The number of rotatable bonds is 6. The fraction of sp³-hybridized carbons (Fsp3) is 0.889. The summed E-state index contributed by atoms with van der Waals surface area (Å²) in [6, 6.07) is 0. The molecule has 12 N–H and O–H groups in total. The lowest BCUT2D eigenvalue weighted by Crippen LogP contribution is -2.99. The summed E-state index contributed by atoms with van der Waals surface area (Å²) in [5.74, 6) is -1.71. The zero-order chi connectivity index (χ0) is 21.7. The number of carboxylic acids is 2. The summed E-state index contributed by atoms with van der Waals surface area (Å²) in [6.45, 7) is 8.76. The Labute approximate surface area is 177 Å². The second-order valence-electron chi connectivity index (χ2n) is 8.33. The molecule has 0 radical (unpaired) electrons. The number of hydrogen-bond donors (Lipinski definition) is 10. The standard InChI is InChI=1S/C18H38N8O4/c27-15(28)7-25-17-9-19-1-2-20-10-18(26-8-16(29)30,13-23-5-3-21-11-17)14-24-6-4-22-12-17/h19-26H,1-14H2,(H,27,28)(H,29,30)/p+2. The number of nitrogens with two attached hydrogens (primary N) is 2. The second kappa shape index (κ2) is 13.1. The molecule has 3 heterocycles. The van der Waals surface area contributed by atoms with Crippen LogP contribution in [-0.2, 0) is 9.59 Å². The summed E-state index contributed by atoms with van der Waals surface area (Å²) in [6.07, 6.45) is 0.